The third-order valence-electron chi connectivity index (χ3n) is 6.42. The van der Waals surface area contributed by atoms with Gasteiger partial charge in [-0.15, -0.1) is 0 Å². The van der Waals surface area contributed by atoms with Crippen LogP contribution < -0.4 is 9.47 Å². The molecule has 0 unspecified atom stereocenters. The number of benzene rings is 1. The van der Waals surface area contributed by atoms with E-state index in [0.29, 0.717) is 23.5 Å². The van der Waals surface area contributed by atoms with Crippen molar-refractivity contribution in [2.45, 2.75) is 84.5 Å². The van der Waals surface area contributed by atoms with Crippen molar-refractivity contribution in [3.63, 3.8) is 0 Å². The van der Waals surface area contributed by atoms with Gasteiger partial charge in [0.05, 0.1) is 19.8 Å². The first-order valence-electron chi connectivity index (χ1n) is 11.1. The molecular weight excluding hydrogens is 479 g/mol. The topological polar surface area (TPSA) is 35.5 Å². The van der Waals surface area contributed by atoms with Crippen LogP contribution in [0.2, 0.25) is 0 Å². The Kier molecular flexibility index (Phi) is 20.3. The summed E-state index contributed by atoms with van der Waals surface area (Å²) < 4.78 is 10.5. The van der Waals surface area contributed by atoms with E-state index in [9.17, 15) is 4.79 Å². The fourth-order valence-corrected chi connectivity index (χ4v) is 4.39. The zero-order valence-electron chi connectivity index (χ0n) is 21.1. The minimum atomic E-state index is -0.556. The second-order valence-corrected chi connectivity index (χ2v) is 11.4. The predicted octanol–water partition coefficient (Wildman–Crippen LogP) is 9.11. The molecule has 0 aliphatic heterocycles. The van der Waals surface area contributed by atoms with Crippen molar-refractivity contribution < 1.29 is 31.3 Å². The summed E-state index contributed by atoms with van der Waals surface area (Å²) in [5, 5.41) is 0. The Hall–Kier alpha value is -0.216. The van der Waals surface area contributed by atoms with E-state index in [1.54, 1.807) is 20.3 Å². The summed E-state index contributed by atoms with van der Waals surface area (Å²) in [6.45, 7) is 4.61. The Morgan fingerprint density at radius 3 is 1.91 bits per heavy atom. The van der Waals surface area contributed by atoms with Gasteiger partial charge in [-0.25, -0.2) is 0 Å². The van der Waals surface area contributed by atoms with Crippen LogP contribution in [0, 0.1) is 26.2 Å². The zero-order valence-corrected chi connectivity index (χ0v) is 24.1. The van der Waals surface area contributed by atoms with Crippen molar-refractivity contribution in [2.24, 2.45) is 11.3 Å². The molecule has 6 heteroatoms. The minimum absolute atomic E-state index is 0. The van der Waals surface area contributed by atoms with Gasteiger partial charge in [0.25, 0.3) is 0 Å². The zero-order chi connectivity index (χ0) is 22.4. The van der Waals surface area contributed by atoms with Crippen LogP contribution in [-0.2, 0) is 17.0 Å². The molecule has 2 aliphatic rings. The molecule has 3 nitrogen and oxygen atoms in total. The third-order valence-corrected chi connectivity index (χ3v) is 6.42. The molecule has 0 spiro atoms. The van der Waals surface area contributed by atoms with Gasteiger partial charge in [0.1, 0.15) is 11.5 Å². The number of Topliss-reactive ketones (excluding diaryl/α,β-unsaturated/α-hetero) is 1. The van der Waals surface area contributed by atoms with Crippen molar-refractivity contribution in [3.05, 3.63) is 38.6 Å². The van der Waals surface area contributed by atoms with E-state index in [2.05, 4.69) is 13.8 Å². The molecule has 0 bridgehead atoms. The molecule has 3 rings (SSSR count). The first-order valence-corrected chi connectivity index (χ1v) is 15.4. The van der Waals surface area contributed by atoms with E-state index < -0.39 is 17.0 Å². The number of carbonyl (C=O) groups is 1. The normalized spacial score (nSPS) is 15.1. The van der Waals surface area contributed by atoms with E-state index in [1.807, 2.05) is 12.1 Å². The third kappa shape index (κ3) is 12.3. The average Bonchev–Trinajstić information content (AvgIpc) is 3.49. The van der Waals surface area contributed by atoms with Crippen molar-refractivity contribution in [2.75, 3.05) is 14.2 Å². The molecule has 2 fully saturated rings. The standard InChI is InChI=1S/C19H28O3.C5H10.2CH3.2ClH.Ti/c1-19(2,14-7-5-6-8-14)12-11-17(20)16-10-9-15(21-3)13-18(16)22-4;1-2-4-5-3-1;;;;;/h9-10,13-14H,5-8,11-12H2,1-4H3;1-5H2;2*1H3;2*1H;/q;;2*-1;;;+2/p-2. The summed E-state index contributed by atoms with van der Waals surface area (Å²) in [6.07, 6.45) is 14.3. The van der Waals surface area contributed by atoms with E-state index in [0.717, 1.165) is 12.3 Å². The molecule has 0 aromatic heterocycles. The number of rotatable bonds is 7. The molecule has 2 saturated carbocycles. The summed E-state index contributed by atoms with van der Waals surface area (Å²) in [5.74, 6) is 2.23. The van der Waals surface area contributed by atoms with Crippen molar-refractivity contribution in [1.29, 1.82) is 0 Å². The fourth-order valence-electron chi connectivity index (χ4n) is 4.39. The van der Waals surface area contributed by atoms with Crippen LogP contribution in [0.3, 0.4) is 0 Å². The first-order chi connectivity index (χ1) is 14.4. The number of hydrogen-bond acceptors (Lipinski definition) is 3. The predicted molar refractivity (Wildman–Crippen MR) is 136 cm³/mol. The molecule has 0 saturated heterocycles. The van der Waals surface area contributed by atoms with Gasteiger partial charge in [-0.2, -0.15) is 0 Å². The second kappa shape index (κ2) is 19.1. The maximum atomic E-state index is 12.6. The number of ketones is 1. The van der Waals surface area contributed by atoms with Crippen LogP contribution >= 0.6 is 18.6 Å². The van der Waals surface area contributed by atoms with Gasteiger partial charge in [0, 0.05) is 12.5 Å². The first kappa shape index (κ1) is 34.0. The van der Waals surface area contributed by atoms with Crippen LogP contribution in [0.25, 0.3) is 0 Å². The monoisotopic (exact) mass is 522 g/mol. The number of ether oxygens (including phenoxy) is 2. The van der Waals surface area contributed by atoms with Crippen LogP contribution in [0.5, 0.6) is 11.5 Å². The molecule has 0 radical (unpaired) electrons. The molecule has 1 aromatic carbocycles. The van der Waals surface area contributed by atoms with Gasteiger partial charge in [-0.1, -0.05) is 58.8 Å². The summed E-state index contributed by atoms with van der Waals surface area (Å²) in [6, 6.07) is 5.40. The van der Waals surface area contributed by atoms with Gasteiger partial charge in [-0.05, 0) is 42.7 Å². The van der Waals surface area contributed by atoms with Crippen molar-refractivity contribution >= 4 is 24.4 Å². The summed E-state index contributed by atoms with van der Waals surface area (Å²) >= 11 is -0.556. The SMILES string of the molecule is C1CCCC1.COc1ccc(C(=O)CCC(C)(C)C2CCCC2)c(OC)c1.[CH3-].[CH3-].[Cl][Ti][Cl]. The molecule has 186 valence electrons. The molecule has 0 N–H and O–H groups in total. The Balaban J connectivity index is 0. The number of methoxy groups -OCH3 is 2. The van der Waals surface area contributed by atoms with E-state index in [-0.39, 0.29) is 26.1 Å². The van der Waals surface area contributed by atoms with Gasteiger partial charge >= 0.3 is 35.6 Å². The molecular formula is C26H44Cl2O3Ti-2. The Labute approximate surface area is 215 Å². The van der Waals surface area contributed by atoms with Gasteiger partial charge in [-0.3, -0.25) is 4.79 Å². The Morgan fingerprint density at radius 1 is 0.969 bits per heavy atom. The van der Waals surface area contributed by atoms with Gasteiger partial charge in [0.15, 0.2) is 5.78 Å². The van der Waals surface area contributed by atoms with Crippen LogP contribution in [0.4, 0.5) is 0 Å². The Bertz CT molecular complexity index is 605. The molecule has 0 amide bonds. The molecule has 0 atom stereocenters. The van der Waals surface area contributed by atoms with E-state index >= 15 is 0 Å². The maximum absolute atomic E-state index is 12.6. The van der Waals surface area contributed by atoms with Gasteiger partial charge < -0.3 is 24.3 Å². The van der Waals surface area contributed by atoms with Crippen LogP contribution in [0.15, 0.2) is 18.2 Å². The second-order valence-electron chi connectivity index (χ2n) is 8.80. The quantitative estimate of drug-likeness (QED) is 0.203. The summed E-state index contributed by atoms with van der Waals surface area (Å²) in [5.41, 5.74) is 0.900. The number of halogens is 2. The van der Waals surface area contributed by atoms with Gasteiger partial charge in [0.2, 0.25) is 0 Å². The van der Waals surface area contributed by atoms with Crippen molar-refractivity contribution in [3.8, 4) is 11.5 Å². The number of carbonyl (C=O) groups excluding carboxylic acids is 1. The molecule has 1 aromatic rings. The number of hydrogen-bond donors (Lipinski definition) is 0. The van der Waals surface area contributed by atoms with E-state index in [4.69, 9.17) is 28.1 Å². The Morgan fingerprint density at radius 2 is 1.47 bits per heavy atom. The summed E-state index contributed by atoms with van der Waals surface area (Å²) in [7, 11) is 13.0. The van der Waals surface area contributed by atoms with Crippen molar-refractivity contribution in [1.82, 2.24) is 0 Å². The average molecular weight is 523 g/mol. The summed E-state index contributed by atoms with van der Waals surface area (Å²) in [4.78, 5) is 12.6. The van der Waals surface area contributed by atoms with E-state index in [1.165, 1.54) is 57.8 Å². The molecule has 32 heavy (non-hydrogen) atoms. The fraction of sp³-hybridized carbons (Fsp3) is 0.654. The molecule has 0 heterocycles. The molecule has 2 aliphatic carbocycles. The van der Waals surface area contributed by atoms with Crippen LogP contribution in [0.1, 0.15) is 94.8 Å². The van der Waals surface area contributed by atoms with Crippen LogP contribution in [-0.4, -0.2) is 20.0 Å².